The zero-order chi connectivity index (χ0) is 18.8. The van der Waals surface area contributed by atoms with Gasteiger partial charge in [0, 0.05) is 18.3 Å². The van der Waals surface area contributed by atoms with Crippen LogP contribution in [0.15, 0.2) is 12.3 Å². The molecule has 2 heterocycles. The molecule has 0 fully saturated rings. The molecule has 0 unspecified atom stereocenters. The molecular weight excluding hydrogens is 320 g/mol. The van der Waals surface area contributed by atoms with Gasteiger partial charge in [-0.3, -0.25) is 9.59 Å². The highest BCUT2D eigenvalue weighted by Gasteiger charge is 2.35. The molecule has 0 aliphatic heterocycles. The number of nitrogens with one attached hydrogen (secondary N) is 1. The molecule has 0 atom stereocenters. The molecule has 2 aromatic rings. The van der Waals surface area contributed by atoms with Gasteiger partial charge in [0.05, 0.1) is 22.6 Å². The monoisotopic (exact) mass is 346 g/mol. The number of carbonyl (C=O) groups excluding carboxylic acids is 1. The summed E-state index contributed by atoms with van der Waals surface area (Å²) in [6.45, 7) is 9.57. The van der Waals surface area contributed by atoms with Gasteiger partial charge in [-0.15, -0.1) is 0 Å². The Morgan fingerprint density at radius 2 is 1.96 bits per heavy atom. The van der Waals surface area contributed by atoms with Crippen molar-refractivity contribution in [1.29, 1.82) is 0 Å². The predicted octanol–water partition coefficient (Wildman–Crippen LogP) is 2.94. The van der Waals surface area contributed by atoms with Gasteiger partial charge >= 0.3 is 5.97 Å². The molecule has 25 heavy (non-hydrogen) atoms. The lowest BCUT2D eigenvalue weighted by atomic mass is 9.82. The van der Waals surface area contributed by atoms with Gasteiger partial charge in [0.25, 0.3) is 5.91 Å². The number of hydrogen-bond donors (Lipinski definition) is 2. The van der Waals surface area contributed by atoms with Crippen molar-refractivity contribution in [3.8, 4) is 0 Å². The van der Waals surface area contributed by atoms with Crippen molar-refractivity contribution < 1.29 is 14.7 Å². The minimum Gasteiger partial charge on any atom is -0.481 e. The topological polar surface area (TPSA) is 97.1 Å². The van der Waals surface area contributed by atoms with E-state index in [1.54, 1.807) is 16.9 Å². The summed E-state index contributed by atoms with van der Waals surface area (Å²) in [6.07, 6.45) is 2.55. The number of amides is 1. The van der Waals surface area contributed by atoms with Crippen LogP contribution in [0.25, 0.3) is 11.0 Å². The van der Waals surface area contributed by atoms with Crippen molar-refractivity contribution in [2.24, 2.45) is 5.41 Å². The van der Waals surface area contributed by atoms with E-state index >= 15 is 0 Å². The molecule has 7 heteroatoms. The standard InChI is InChI=1S/C18H26N4O3/c1-6-18(7-2,17(24)25)10-19-16(23)13-8-12(5)21-15-14(13)9-20-22(15)11(3)4/h8-9,11H,6-7,10H2,1-5H3,(H,19,23)(H,24,25). The molecule has 0 aliphatic rings. The zero-order valence-corrected chi connectivity index (χ0v) is 15.5. The van der Waals surface area contributed by atoms with E-state index in [2.05, 4.69) is 15.4 Å². The summed E-state index contributed by atoms with van der Waals surface area (Å²) in [6, 6.07) is 1.84. The number of aromatic nitrogens is 3. The Balaban J connectivity index is 2.35. The average Bonchev–Trinajstić information content (AvgIpc) is 2.98. The van der Waals surface area contributed by atoms with E-state index < -0.39 is 11.4 Å². The molecule has 0 spiro atoms. The van der Waals surface area contributed by atoms with Gasteiger partial charge in [-0.2, -0.15) is 5.10 Å². The van der Waals surface area contributed by atoms with Crippen molar-refractivity contribution in [3.05, 3.63) is 23.5 Å². The molecule has 2 aromatic heterocycles. The van der Waals surface area contributed by atoms with Crippen molar-refractivity contribution in [1.82, 2.24) is 20.1 Å². The molecule has 0 radical (unpaired) electrons. The van der Waals surface area contributed by atoms with E-state index in [0.717, 1.165) is 5.69 Å². The van der Waals surface area contributed by atoms with Gasteiger partial charge in [0.1, 0.15) is 0 Å². The van der Waals surface area contributed by atoms with Crippen LogP contribution >= 0.6 is 0 Å². The summed E-state index contributed by atoms with van der Waals surface area (Å²) in [5, 5.41) is 17.3. The van der Waals surface area contributed by atoms with Crippen LogP contribution < -0.4 is 5.32 Å². The van der Waals surface area contributed by atoms with Crippen LogP contribution in [-0.2, 0) is 4.79 Å². The molecule has 136 valence electrons. The quantitative estimate of drug-likeness (QED) is 0.803. The Kier molecular flexibility index (Phi) is 5.45. The molecule has 0 aliphatic carbocycles. The summed E-state index contributed by atoms with van der Waals surface area (Å²) in [7, 11) is 0. The van der Waals surface area contributed by atoms with Gasteiger partial charge in [0.15, 0.2) is 5.65 Å². The maximum absolute atomic E-state index is 12.7. The third kappa shape index (κ3) is 3.50. The van der Waals surface area contributed by atoms with E-state index in [9.17, 15) is 14.7 Å². The Morgan fingerprint density at radius 3 is 2.48 bits per heavy atom. The maximum Gasteiger partial charge on any atom is 0.311 e. The number of fused-ring (bicyclic) bond motifs is 1. The molecule has 2 rings (SSSR count). The van der Waals surface area contributed by atoms with Crippen LogP contribution in [0.3, 0.4) is 0 Å². The van der Waals surface area contributed by atoms with Crippen molar-refractivity contribution in [2.75, 3.05) is 6.54 Å². The second-order valence-corrected chi connectivity index (χ2v) is 6.71. The lowest BCUT2D eigenvalue weighted by Crippen LogP contribution is -2.42. The first-order valence-electron chi connectivity index (χ1n) is 8.62. The molecule has 0 saturated carbocycles. The fraction of sp³-hybridized carbons (Fsp3) is 0.556. The number of carboxylic acids is 1. The highest BCUT2D eigenvalue weighted by molar-refractivity contribution is 6.05. The third-order valence-corrected chi connectivity index (χ3v) is 4.82. The molecule has 0 saturated heterocycles. The van der Waals surface area contributed by atoms with Gasteiger partial charge in [-0.1, -0.05) is 13.8 Å². The van der Waals surface area contributed by atoms with Gasteiger partial charge < -0.3 is 10.4 Å². The highest BCUT2D eigenvalue weighted by atomic mass is 16.4. The Bertz CT molecular complexity index is 791. The first-order chi connectivity index (χ1) is 11.8. The lowest BCUT2D eigenvalue weighted by molar-refractivity contribution is -0.149. The van der Waals surface area contributed by atoms with E-state index in [-0.39, 0.29) is 18.5 Å². The van der Waals surface area contributed by atoms with Gasteiger partial charge in [-0.25, -0.2) is 9.67 Å². The van der Waals surface area contributed by atoms with Gasteiger partial charge in [0.2, 0.25) is 0 Å². The van der Waals surface area contributed by atoms with Crippen LogP contribution in [0.5, 0.6) is 0 Å². The summed E-state index contributed by atoms with van der Waals surface area (Å²) < 4.78 is 1.78. The first-order valence-corrected chi connectivity index (χ1v) is 8.62. The average molecular weight is 346 g/mol. The molecule has 1 amide bonds. The minimum atomic E-state index is -0.945. The molecule has 0 bridgehead atoms. The highest BCUT2D eigenvalue weighted by Crippen LogP contribution is 2.26. The molecule has 0 aromatic carbocycles. The van der Waals surface area contributed by atoms with Crippen LogP contribution in [0.4, 0.5) is 0 Å². The van der Waals surface area contributed by atoms with Crippen molar-refractivity contribution in [3.63, 3.8) is 0 Å². The van der Waals surface area contributed by atoms with Crippen LogP contribution in [0.1, 0.15) is 62.6 Å². The number of nitrogens with zero attached hydrogens (tertiary/aromatic N) is 3. The SMILES string of the molecule is CCC(CC)(CNC(=O)c1cc(C)nc2c1cnn2C(C)C)C(=O)O. The second-order valence-electron chi connectivity index (χ2n) is 6.71. The van der Waals surface area contributed by atoms with Crippen LogP contribution in [-0.4, -0.2) is 38.3 Å². The van der Waals surface area contributed by atoms with Crippen LogP contribution in [0, 0.1) is 12.3 Å². The van der Waals surface area contributed by atoms with E-state index in [1.807, 2.05) is 34.6 Å². The zero-order valence-electron chi connectivity index (χ0n) is 15.5. The summed E-state index contributed by atoms with van der Waals surface area (Å²) in [4.78, 5) is 28.8. The first kappa shape index (κ1) is 18.9. The van der Waals surface area contributed by atoms with Gasteiger partial charge in [-0.05, 0) is 39.7 Å². The number of hydrogen-bond acceptors (Lipinski definition) is 4. The third-order valence-electron chi connectivity index (χ3n) is 4.82. The smallest absolute Gasteiger partial charge is 0.311 e. The molecular formula is C18H26N4O3. The number of rotatable bonds is 7. The largest absolute Gasteiger partial charge is 0.481 e. The number of carbonyl (C=O) groups is 2. The van der Waals surface area contributed by atoms with E-state index in [4.69, 9.17) is 0 Å². The van der Waals surface area contributed by atoms with E-state index in [1.165, 1.54) is 0 Å². The number of pyridine rings is 1. The summed E-state index contributed by atoms with van der Waals surface area (Å²) in [5.74, 6) is -1.19. The normalized spacial score (nSPS) is 11.9. The summed E-state index contributed by atoms with van der Waals surface area (Å²) >= 11 is 0. The fourth-order valence-electron chi connectivity index (χ4n) is 2.93. The minimum absolute atomic E-state index is 0.0926. The Labute approximate surface area is 147 Å². The van der Waals surface area contributed by atoms with E-state index in [0.29, 0.717) is 29.4 Å². The fourth-order valence-corrected chi connectivity index (χ4v) is 2.93. The Morgan fingerprint density at radius 1 is 1.32 bits per heavy atom. The second kappa shape index (κ2) is 7.21. The van der Waals surface area contributed by atoms with Crippen molar-refractivity contribution >= 4 is 22.9 Å². The number of aryl methyl sites for hydroxylation is 1. The molecule has 2 N–H and O–H groups in total. The molecule has 7 nitrogen and oxygen atoms in total. The van der Waals surface area contributed by atoms with Crippen molar-refractivity contribution in [2.45, 2.75) is 53.5 Å². The summed E-state index contributed by atoms with van der Waals surface area (Å²) in [5.41, 5.74) is 0.908. The van der Waals surface area contributed by atoms with Crippen LogP contribution in [0.2, 0.25) is 0 Å². The lowest BCUT2D eigenvalue weighted by Gasteiger charge is -2.26. The predicted molar refractivity (Wildman–Crippen MR) is 95.6 cm³/mol. The Hall–Kier alpha value is -2.44. The number of carboxylic acid groups (broad SMARTS) is 1. The number of aliphatic carboxylic acids is 1. The maximum atomic E-state index is 12.7.